The predicted molar refractivity (Wildman–Crippen MR) is 85.4 cm³/mol. The SMILES string of the molecule is O=C(c1ccc(SC(F)F)cc1)N(Cc1ccccn1)C1CC1. The highest BCUT2D eigenvalue weighted by Gasteiger charge is 2.33. The van der Waals surface area contributed by atoms with Crippen molar-refractivity contribution < 1.29 is 13.6 Å². The number of aromatic nitrogens is 1. The van der Waals surface area contributed by atoms with Crippen molar-refractivity contribution in [3.8, 4) is 0 Å². The van der Waals surface area contributed by atoms with Crippen molar-refractivity contribution in [2.75, 3.05) is 0 Å². The number of alkyl halides is 2. The van der Waals surface area contributed by atoms with E-state index in [0.717, 1.165) is 18.5 Å². The molecule has 1 heterocycles. The van der Waals surface area contributed by atoms with Crippen LogP contribution >= 0.6 is 11.8 Å². The summed E-state index contributed by atoms with van der Waals surface area (Å²) >= 11 is 0.480. The Bertz CT molecular complexity index is 660. The molecule has 0 aliphatic heterocycles. The van der Waals surface area contributed by atoms with Gasteiger partial charge in [0, 0.05) is 22.7 Å². The molecule has 1 aliphatic rings. The van der Waals surface area contributed by atoms with E-state index in [0.29, 0.717) is 28.8 Å². The van der Waals surface area contributed by atoms with Gasteiger partial charge in [-0.15, -0.1) is 0 Å². The third-order valence-corrected chi connectivity index (χ3v) is 4.36. The second-order valence-electron chi connectivity index (χ2n) is 5.39. The molecule has 1 aliphatic carbocycles. The van der Waals surface area contributed by atoms with Crippen molar-refractivity contribution in [1.82, 2.24) is 9.88 Å². The monoisotopic (exact) mass is 334 g/mol. The summed E-state index contributed by atoms with van der Waals surface area (Å²) in [5, 5.41) is 0. The van der Waals surface area contributed by atoms with Gasteiger partial charge >= 0.3 is 0 Å². The van der Waals surface area contributed by atoms with Crippen LogP contribution in [0.25, 0.3) is 0 Å². The van der Waals surface area contributed by atoms with Crippen LogP contribution in [0.15, 0.2) is 53.6 Å². The van der Waals surface area contributed by atoms with E-state index in [2.05, 4.69) is 4.98 Å². The van der Waals surface area contributed by atoms with Crippen LogP contribution in [0, 0.1) is 0 Å². The molecule has 120 valence electrons. The highest BCUT2D eigenvalue weighted by Crippen LogP contribution is 2.30. The fraction of sp³-hybridized carbons (Fsp3) is 0.294. The maximum atomic E-state index is 12.7. The Balaban J connectivity index is 1.73. The first-order valence-corrected chi connectivity index (χ1v) is 8.27. The van der Waals surface area contributed by atoms with E-state index in [1.54, 1.807) is 30.5 Å². The van der Waals surface area contributed by atoms with Gasteiger partial charge in [0.2, 0.25) is 0 Å². The van der Waals surface area contributed by atoms with Crippen LogP contribution in [0.2, 0.25) is 0 Å². The molecule has 0 bridgehead atoms. The van der Waals surface area contributed by atoms with Gasteiger partial charge in [0.05, 0.1) is 12.2 Å². The van der Waals surface area contributed by atoms with E-state index in [9.17, 15) is 13.6 Å². The van der Waals surface area contributed by atoms with Crippen LogP contribution in [-0.2, 0) is 6.54 Å². The number of hydrogen-bond acceptors (Lipinski definition) is 3. The summed E-state index contributed by atoms with van der Waals surface area (Å²) in [5.41, 5.74) is 1.36. The zero-order valence-electron chi connectivity index (χ0n) is 12.4. The second kappa shape index (κ2) is 7.08. The molecule has 1 fully saturated rings. The Kier molecular flexibility index (Phi) is 4.91. The molecule has 1 aromatic carbocycles. The summed E-state index contributed by atoms with van der Waals surface area (Å²) < 4.78 is 24.7. The number of pyridine rings is 1. The Morgan fingerprint density at radius 3 is 2.52 bits per heavy atom. The summed E-state index contributed by atoms with van der Waals surface area (Å²) in [5.74, 6) is -2.53. The summed E-state index contributed by atoms with van der Waals surface area (Å²) in [7, 11) is 0. The van der Waals surface area contributed by atoms with Crippen molar-refractivity contribution in [3.63, 3.8) is 0 Å². The van der Waals surface area contributed by atoms with Gasteiger partial charge in [-0.25, -0.2) is 0 Å². The number of thioether (sulfide) groups is 1. The highest BCUT2D eigenvalue weighted by molar-refractivity contribution is 7.99. The first kappa shape index (κ1) is 15.9. The number of carbonyl (C=O) groups is 1. The number of halogens is 2. The first-order chi connectivity index (χ1) is 11.1. The third kappa shape index (κ3) is 4.28. The molecule has 1 saturated carbocycles. The Morgan fingerprint density at radius 2 is 1.96 bits per heavy atom. The van der Waals surface area contributed by atoms with Gasteiger partial charge in [-0.3, -0.25) is 9.78 Å². The lowest BCUT2D eigenvalue weighted by Gasteiger charge is -2.22. The van der Waals surface area contributed by atoms with Crippen LogP contribution in [-0.4, -0.2) is 27.6 Å². The van der Waals surface area contributed by atoms with E-state index in [4.69, 9.17) is 0 Å². The van der Waals surface area contributed by atoms with Crippen molar-refractivity contribution in [2.24, 2.45) is 0 Å². The molecule has 0 radical (unpaired) electrons. The lowest BCUT2D eigenvalue weighted by Crippen LogP contribution is -2.32. The average Bonchev–Trinajstić information content (AvgIpc) is 3.38. The van der Waals surface area contributed by atoms with E-state index >= 15 is 0 Å². The van der Waals surface area contributed by atoms with Gasteiger partial charge in [-0.1, -0.05) is 17.8 Å². The molecule has 0 atom stereocenters. The molecule has 23 heavy (non-hydrogen) atoms. The number of amides is 1. The average molecular weight is 334 g/mol. The van der Waals surface area contributed by atoms with Crippen LogP contribution < -0.4 is 0 Å². The lowest BCUT2D eigenvalue weighted by molar-refractivity contribution is 0.0727. The maximum absolute atomic E-state index is 12.7. The van der Waals surface area contributed by atoms with Crippen LogP contribution in [0.5, 0.6) is 0 Å². The summed E-state index contributed by atoms with van der Waals surface area (Å²) in [4.78, 5) is 19.3. The molecule has 0 saturated heterocycles. The van der Waals surface area contributed by atoms with Gasteiger partial charge in [0.15, 0.2) is 0 Å². The molecule has 6 heteroatoms. The van der Waals surface area contributed by atoms with Crippen molar-refractivity contribution in [1.29, 1.82) is 0 Å². The van der Waals surface area contributed by atoms with Gasteiger partial charge in [0.25, 0.3) is 11.7 Å². The van der Waals surface area contributed by atoms with Crippen LogP contribution in [0.1, 0.15) is 28.9 Å². The number of nitrogens with zero attached hydrogens (tertiary/aromatic N) is 2. The van der Waals surface area contributed by atoms with Crippen LogP contribution in [0.3, 0.4) is 0 Å². The second-order valence-corrected chi connectivity index (χ2v) is 6.45. The quantitative estimate of drug-likeness (QED) is 0.742. The molecule has 0 unspecified atom stereocenters. The maximum Gasteiger partial charge on any atom is 0.288 e. The van der Waals surface area contributed by atoms with Crippen molar-refractivity contribution in [2.45, 2.75) is 36.1 Å². The standard InChI is InChI=1S/C17H16F2N2OS/c18-17(19)23-15-8-4-12(5-9-15)16(22)21(14-6-7-14)11-13-3-1-2-10-20-13/h1-5,8-10,14,17H,6-7,11H2. The third-order valence-electron chi connectivity index (χ3n) is 3.63. The Labute approximate surface area is 137 Å². The van der Waals surface area contributed by atoms with Gasteiger partial charge in [-0.05, 0) is 49.2 Å². The van der Waals surface area contributed by atoms with Crippen molar-refractivity contribution >= 4 is 17.7 Å². The number of hydrogen-bond donors (Lipinski definition) is 0. The lowest BCUT2D eigenvalue weighted by atomic mass is 10.2. The molecule has 3 nitrogen and oxygen atoms in total. The number of rotatable bonds is 6. The minimum absolute atomic E-state index is 0.0771. The molecule has 1 aromatic heterocycles. The summed E-state index contributed by atoms with van der Waals surface area (Å²) in [6.45, 7) is 0.470. The zero-order chi connectivity index (χ0) is 16.2. The van der Waals surface area contributed by atoms with Crippen molar-refractivity contribution in [3.05, 3.63) is 59.9 Å². The van der Waals surface area contributed by atoms with E-state index in [1.165, 1.54) is 0 Å². The Morgan fingerprint density at radius 1 is 1.22 bits per heavy atom. The van der Waals surface area contributed by atoms with Crippen LogP contribution in [0.4, 0.5) is 8.78 Å². The molecule has 0 spiro atoms. The van der Waals surface area contributed by atoms with Gasteiger partial charge < -0.3 is 4.90 Å². The summed E-state index contributed by atoms with van der Waals surface area (Å²) in [6, 6.07) is 12.2. The normalized spacial score (nSPS) is 14.0. The minimum atomic E-state index is -2.45. The molecule has 2 aromatic rings. The van der Waals surface area contributed by atoms with E-state index in [1.807, 2.05) is 23.1 Å². The smallest absolute Gasteiger partial charge is 0.288 e. The highest BCUT2D eigenvalue weighted by atomic mass is 32.2. The van der Waals surface area contributed by atoms with E-state index < -0.39 is 5.76 Å². The van der Waals surface area contributed by atoms with Gasteiger partial charge in [-0.2, -0.15) is 8.78 Å². The molecular weight excluding hydrogens is 318 g/mol. The zero-order valence-corrected chi connectivity index (χ0v) is 13.2. The number of carbonyl (C=O) groups excluding carboxylic acids is 1. The molecule has 0 N–H and O–H groups in total. The topological polar surface area (TPSA) is 33.2 Å². The molecular formula is C17H16F2N2OS. The largest absolute Gasteiger partial charge is 0.330 e. The summed E-state index contributed by atoms with van der Waals surface area (Å²) in [6.07, 6.45) is 3.71. The molecule has 1 amide bonds. The molecule has 3 rings (SSSR count). The predicted octanol–water partition coefficient (Wildman–Crippen LogP) is 4.20. The Hall–Kier alpha value is -1.95. The van der Waals surface area contributed by atoms with E-state index in [-0.39, 0.29) is 11.9 Å². The number of benzene rings is 1. The fourth-order valence-corrected chi connectivity index (χ4v) is 2.86. The van der Waals surface area contributed by atoms with Gasteiger partial charge in [0.1, 0.15) is 0 Å². The first-order valence-electron chi connectivity index (χ1n) is 7.39. The fourth-order valence-electron chi connectivity index (χ4n) is 2.36. The minimum Gasteiger partial charge on any atom is -0.330 e.